The molecule has 2 N–H and O–H groups in total. The fourth-order valence-electron chi connectivity index (χ4n) is 2.13. The Bertz CT molecular complexity index is 493. The summed E-state index contributed by atoms with van der Waals surface area (Å²) in [5, 5.41) is 12.1. The molecule has 0 spiro atoms. The predicted molar refractivity (Wildman–Crippen MR) is 75.0 cm³/mol. The summed E-state index contributed by atoms with van der Waals surface area (Å²) in [5.41, 5.74) is 0.413. The quantitative estimate of drug-likeness (QED) is 0.884. The smallest absolute Gasteiger partial charge is 0.251 e. The predicted octanol–water partition coefficient (Wildman–Crippen LogP) is 1.94. The molecule has 1 aromatic rings. The van der Waals surface area contributed by atoms with Crippen LogP contribution in [-0.4, -0.2) is 30.5 Å². The van der Waals surface area contributed by atoms with Crippen molar-refractivity contribution in [2.45, 2.75) is 33.2 Å². The van der Waals surface area contributed by atoms with Crippen molar-refractivity contribution in [2.75, 3.05) is 13.4 Å². The molecule has 5 nitrogen and oxygen atoms in total. The lowest BCUT2D eigenvalue weighted by atomic mass is 9.84. The zero-order valence-electron chi connectivity index (χ0n) is 12.1. The molecule has 1 atom stereocenters. The van der Waals surface area contributed by atoms with E-state index in [9.17, 15) is 4.79 Å². The maximum Gasteiger partial charge on any atom is 0.251 e. The van der Waals surface area contributed by atoms with E-state index in [4.69, 9.17) is 14.6 Å². The first kappa shape index (κ1) is 14.7. The van der Waals surface area contributed by atoms with Crippen molar-refractivity contribution in [3.05, 3.63) is 23.8 Å². The summed E-state index contributed by atoms with van der Waals surface area (Å²) in [5.74, 6) is 1.08. The Balaban J connectivity index is 2.11. The molecule has 1 aliphatic heterocycles. The standard InChI is InChI=1S/C15H21NO4/c1-15(2,3)13(6-7-17)16-14(18)10-4-5-11-12(8-10)20-9-19-11/h4-5,8,13,17H,6-7,9H2,1-3H3,(H,16,18). The van der Waals surface area contributed by atoms with Crippen LogP contribution in [0.3, 0.4) is 0 Å². The second-order valence-corrected chi connectivity index (χ2v) is 5.97. The molecule has 110 valence electrons. The summed E-state index contributed by atoms with van der Waals surface area (Å²) in [7, 11) is 0. The second-order valence-electron chi connectivity index (χ2n) is 5.97. The monoisotopic (exact) mass is 279 g/mol. The highest BCUT2D eigenvalue weighted by Crippen LogP contribution is 2.32. The number of hydrogen-bond acceptors (Lipinski definition) is 4. The van der Waals surface area contributed by atoms with Gasteiger partial charge in [0.2, 0.25) is 6.79 Å². The fraction of sp³-hybridized carbons (Fsp3) is 0.533. The maximum absolute atomic E-state index is 12.3. The van der Waals surface area contributed by atoms with Crippen LogP contribution in [0.25, 0.3) is 0 Å². The molecule has 0 fully saturated rings. The molecule has 0 saturated carbocycles. The molecule has 0 bridgehead atoms. The highest BCUT2D eigenvalue weighted by atomic mass is 16.7. The molecule has 5 heteroatoms. The van der Waals surface area contributed by atoms with Gasteiger partial charge in [-0.15, -0.1) is 0 Å². The number of carbonyl (C=O) groups is 1. The third-order valence-corrected chi connectivity index (χ3v) is 3.40. The van der Waals surface area contributed by atoms with E-state index < -0.39 is 0 Å². The molecule has 1 amide bonds. The lowest BCUT2D eigenvalue weighted by Crippen LogP contribution is -2.44. The first-order valence-electron chi connectivity index (χ1n) is 6.73. The Morgan fingerprint density at radius 3 is 2.70 bits per heavy atom. The van der Waals surface area contributed by atoms with E-state index in [1.54, 1.807) is 18.2 Å². The van der Waals surface area contributed by atoms with Gasteiger partial charge >= 0.3 is 0 Å². The van der Waals surface area contributed by atoms with Gasteiger partial charge in [0.15, 0.2) is 11.5 Å². The number of amides is 1. The van der Waals surface area contributed by atoms with Gasteiger partial charge in [0.05, 0.1) is 0 Å². The van der Waals surface area contributed by atoms with E-state index in [1.807, 2.05) is 20.8 Å². The maximum atomic E-state index is 12.3. The summed E-state index contributed by atoms with van der Waals surface area (Å²) >= 11 is 0. The molecule has 0 saturated heterocycles. The molecule has 1 unspecified atom stereocenters. The average Bonchev–Trinajstić information content (AvgIpc) is 2.84. The number of hydrogen-bond donors (Lipinski definition) is 2. The largest absolute Gasteiger partial charge is 0.454 e. The number of ether oxygens (including phenoxy) is 2. The van der Waals surface area contributed by atoms with Gasteiger partial charge in [0, 0.05) is 18.2 Å². The van der Waals surface area contributed by atoms with Gasteiger partial charge in [0.1, 0.15) is 0 Å². The van der Waals surface area contributed by atoms with Crippen molar-refractivity contribution in [2.24, 2.45) is 5.41 Å². The number of aliphatic hydroxyl groups is 1. The van der Waals surface area contributed by atoms with Gasteiger partial charge < -0.3 is 19.9 Å². The minimum atomic E-state index is -0.170. The van der Waals surface area contributed by atoms with Crippen molar-refractivity contribution < 1.29 is 19.4 Å². The molecule has 0 aliphatic carbocycles. The van der Waals surface area contributed by atoms with Crippen LogP contribution >= 0.6 is 0 Å². The molecule has 0 aromatic heterocycles. The van der Waals surface area contributed by atoms with E-state index in [2.05, 4.69) is 5.32 Å². The SMILES string of the molecule is CC(C)(C)C(CCO)NC(=O)c1ccc2c(c1)OCO2. The minimum Gasteiger partial charge on any atom is -0.454 e. The van der Waals surface area contributed by atoms with Crippen LogP contribution in [0.15, 0.2) is 18.2 Å². The molecule has 20 heavy (non-hydrogen) atoms. The zero-order valence-corrected chi connectivity index (χ0v) is 12.1. The highest BCUT2D eigenvalue weighted by molar-refractivity contribution is 5.95. The van der Waals surface area contributed by atoms with Gasteiger partial charge in [-0.3, -0.25) is 4.79 Å². The van der Waals surface area contributed by atoms with Crippen molar-refractivity contribution in [3.63, 3.8) is 0 Å². The first-order chi connectivity index (χ1) is 9.41. The van der Waals surface area contributed by atoms with Crippen LogP contribution in [0.5, 0.6) is 11.5 Å². The second kappa shape index (κ2) is 5.71. The molecule has 2 rings (SSSR count). The molecular formula is C15H21NO4. The summed E-state index contributed by atoms with van der Waals surface area (Å²) < 4.78 is 10.5. The average molecular weight is 279 g/mol. The minimum absolute atomic E-state index is 0.0450. The van der Waals surface area contributed by atoms with Gasteiger partial charge in [-0.2, -0.15) is 0 Å². The number of rotatable bonds is 4. The highest BCUT2D eigenvalue weighted by Gasteiger charge is 2.26. The van der Waals surface area contributed by atoms with E-state index >= 15 is 0 Å². The van der Waals surface area contributed by atoms with Crippen molar-refractivity contribution in [1.29, 1.82) is 0 Å². The Hall–Kier alpha value is -1.75. The normalized spacial score (nSPS) is 15.0. The van der Waals surface area contributed by atoms with Gasteiger partial charge in [-0.1, -0.05) is 20.8 Å². The van der Waals surface area contributed by atoms with Gasteiger partial charge in [-0.05, 0) is 30.0 Å². The number of benzene rings is 1. The summed E-state index contributed by atoms with van der Waals surface area (Å²) in [6, 6.07) is 5.03. The van der Waals surface area contributed by atoms with Crippen molar-refractivity contribution >= 4 is 5.91 Å². The van der Waals surface area contributed by atoms with Crippen LogP contribution in [0.4, 0.5) is 0 Å². The summed E-state index contributed by atoms with van der Waals surface area (Å²) in [6.45, 7) is 6.34. The summed E-state index contributed by atoms with van der Waals surface area (Å²) in [4.78, 5) is 12.3. The van der Waals surface area contributed by atoms with E-state index in [0.29, 0.717) is 23.5 Å². The number of aliphatic hydroxyl groups excluding tert-OH is 1. The Morgan fingerprint density at radius 2 is 2.05 bits per heavy atom. The zero-order chi connectivity index (χ0) is 14.8. The molecule has 0 radical (unpaired) electrons. The molecule has 1 aliphatic rings. The Morgan fingerprint density at radius 1 is 1.35 bits per heavy atom. The number of carbonyl (C=O) groups excluding carboxylic acids is 1. The van der Waals surface area contributed by atoms with Crippen molar-refractivity contribution in [3.8, 4) is 11.5 Å². The number of nitrogens with one attached hydrogen (secondary N) is 1. The molecule has 1 aromatic carbocycles. The molecular weight excluding hydrogens is 258 g/mol. The lowest BCUT2D eigenvalue weighted by molar-refractivity contribution is 0.0884. The van der Waals surface area contributed by atoms with Crippen molar-refractivity contribution in [1.82, 2.24) is 5.32 Å². The number of fused-ring (bicyclic) bond motifs is 1. The van der Waals surface area contributed by atoms with Crippen LogP contribution < -0.4 is 14.8 Å². The lowest BCUT2D eigenvalue weighted by Gasteiger charge is -2.31. The van der Waals surface area contributed by atoms with Crippen LogP contribution in [-0.2, 0) is 0 Å². The van der Waals surface area contributed by atoms with E-state index in [0.717, 1.165) is 0 Å². The van der Waals surface area contributed by atoms with Gasteiger partial charge in [-0.25, -0.2) is 0 Å². The van der Waals surface area contributed by atoms with E-state index in [1.165, 1.54) is 0 Å². The third-order valence-electron chi connectivity index (χ3n) is 3.40. The summed E-state index contributed by atoms with van der Waals surface area (Å²) in [6.07, 6.45) is 0.528. The van der Waals surface area contributed by atoms with E-state index in [-0.39, 0.29) is 30.8 Å². The van der Waals surface area contributed by atoms with Crippen LogP contribution in [0.1, 0.15) is 37.6 Å². The Kier molecular flexibility index (Phi) is 4.18. The topological polar surface area (TPSA) is 67.8 Å². The third kappa shape index (κ3) is 3.22. The van der Waals surface area contributed by atoms with Crippen LogP contribution in [0, 0.1) is 5.41 Å². The fourth-order valence-corrected chi connectivity index (χ4v) is 2.13. The molecule has 1 heterocycles. The van der Waals surface area contributed by atoms with Crippen LogP contribution in [0.2, 0.25) is 0 Å². The first-order valence-corrected chi connectivity index (χ1v) is 6.73. The van der Waals surface area contributed by atoms with Gasteiger partial charge in [0.25, 0.3) is 5.91 Å². The Labute approximate surface area is 118 Å².